The van der Waals surface area contributed by atoms with Gasteiger partial charge in [0, 0.05) is 12.6 Å². The van der Waals surface area contributed by atoms with E-state index in [1.54, 1.807) is 12.1 Å². The monoisotopic (exact) mass is 339 g/mol. The van der Waals surface area contributed by atoms with E-state index in [1.165, 1.54) is 12.8 Å². The van der Waals surface area contributed by atoms with E-state index in [4.69, 9.17) is 10.00 Å². The summed E-state index contributed by atoms with van der Waals surface area (Å²) in [5, 5.41) is 13.3. The van der Waals surface area contributed by atoms with Crippen molar-refractivity contribution in [2.24, 2.45) is 0 Å². The number of nitrogens with zero attached hydrogens (tertiary/aromatic N) is 5. The van der Waals surface area contributed by atoms with E-state index in [0.29, 0.717) is 18.2 Å². The van der Waals surface area contributed by atoms with Crippen molar-refractivity contribution in [2.75, 3.05) is 19.7 Å². The third-order valence-corrected chi connectivity index (χ3v) is 4.69. The summed E-state index contributed by atoms with van der Waals surface area (Å²) in [7, 11) is 0. The van der Waals surface area contributed by atoms with E-state index in [0.717, 1.165) is 43.5 Å². The van der Waals surface area contributed by atoms with Gasteiger partial charge in [0.2, 0.25) is 0 Å². The Morgan fingerprint density at radius 1 is 1.28 bits per heavy atom. The van der Waals surface area contributed by atoms with Gasteiger partial charge >= 0.3 is 0 Å². The molecular formula is C19H25N5O. The lowest BCUT2D eigenvalue weighted by molar-refractivity contribution is 0.203. The van der Waals surface area contributed by atoms with Crippen LogP contribution in [0.25, 0.3) is 0 Å². The number of nitriles is 1. The van der Waals surface area contributed by atoms with E-state index in [9.17, 15) is 0 Å². The maximum absolute atomic E-state index is 8.81. The largest absolute Gasteiger partial charge is 0.494 e. The van der Waals surface area contributed by atoms with Gasteiger partial charge in [-0.1, -0.05) is 0 Å². The predicted molar refractivity (Wildman–Crippen MR) is 95.4 cm³/mol. The third kappa shape index (κ3) is 4.58. The molecule has 25 heavy (non-hydrogen) atoms. The van der Waals surface area contributed by atoms with E-state index in [1.807, 2.05) is 30.7 Å². The minimum absolute atomic E-state index is 0.537. The first-order valence-electron chi connectivity index (χ1n) is 8.91. The number of aryl methyl sites for hydroxylation is 2. The molecule has 2 aromatic rings. The smallest absolute Gasteiger partial charge is 0.147 e. The Morgan fingerprint density at radius 3 is 2.76 bits per heavy atom. The first-order chi connectivity index (χ1) is 12.2. The van der Waals surface area contributed by atoms with Gasteiger partial charge in [-0.3, -0.25) is 4.90 Å². The molecule has 1 unspecified atom stereocenters. The number of hydrogen-bond acceptors (Lipinski definition) is 5. The van der Waals surface area contributed by atoms with Crippen molar-refractivity contribution >= 4 is 0 Å². The fourth-order valence-electron chi connectivity index (χ4n) is 3.41. The molecule has 0 N–H and O–H groups in total. The molecule has 1 aromatic heterocycles. The summed E-state index contributed by atoms with van der Waals surface area (Å²) in [5.74, 6) is 2.66. The highest BCUT2D eigenvalue weighted by Crippen LogP contribution is 2.19. The van der Waals surface area contributed by atoms with Gasteiger partial charge in [0.15, 0.2) is 0 Å². The molecule has 1 aliphatic heterocycles. The molecule has 1 saturated heterocycles. The van der Waals surface area contributed by atoms with Gasteiger partial charge in [0.05, 0.1) is 24.8 Å². The van der Waals surface area contributed by atoms with E-state index >= 15 is 0 Å². The van der Waals surface area contributed by atoms with Crippen LogP contribution in [0.5, 0.6) is 5.75 Å². The standard InChI is InChI=1S/C19H25N5O/c1-15-21-16(2)24(22-15)14-18-5-3-10-23(18)11-4-12-25-19-8-6-17(13-20)7-9-19/h6-9,18H,3-5,10-12,14H2,1-2H3. The fraction of sp³-hybridized carbons (Fsp3) is 0.526. The summed E-state index contributed by atoms with van der Waals surface area (Å²) in [6, 6.07) is 9.93. The van der Waals surface area contributed by atoms with Crippen LogP contribution in [0.2, 0.25) is 0 Å². The summed E-state index contributed by atoms with van der Waals surface area (Å²) >= 11 is 0. The first kappa shape index (κ1) is 17.4. The average Bonchev–Trinajstić information content (AvgIpc) is 3.18. The van der Waals surface area contributed by atoms with Crippen LogP contribution in [-0.2, 0) is 6.54 Å². The van der Waals surface area contributed by atoms with Gasteiger partial charge in [-0.15, -0.1) is 0 Å². The molecule has 1 fully saturated rings. The van der Waals surface area contributed by atoms with Crippen molar-refractivity contribution in [3.05, 3.63) is 41.5 Å². The molecular weight excluding hydrogens is 314 g/mol. The summed E-state index contributed by atoms with van der Waals surface area (Å²) in [4.78, 5) is 6.93. The zero-order valence-corrected chi connectivity index (χ0v) is 15.0. The molecule has 0 saturated carbocycles. The predicted octanol–water partition coefficient (Wildman–Crippen LogP) is 2.70. The fourth-order valence-corrected chi connectivity index (χ4v) is 3.41. The van der Waals surface area contributed by atoms with Gasteiger partial charge in [-0.05, 0) is 63.9 Å². The lowest BCUT2D eigenvalue weighted by atomic mass is 10.2. The average molecular weight is 339 g/mol. The van der Waals surface area contributed by atoms with Crippen LogP contribution in [0, 0.1) is 25.2 Å². The first-order valence-corrected chi connectivity index (χ1v) is 8.91. The van der Waals surface area contributed by atoms with Crippen molar-refractivity contribution in [1.29, 1.82) is 5.26 Å². The molecule has 1 aromatic carbocycles. The highest BCUT2D eigenvalue weighted by atomic mass is 16.5. The van der Waals surface area contributed by atoms with Gasteiger partial charge in [-0.25, -0.2) is 9.67 Å². The highest BCUT2D eigenvalue weighted by molar-refractivity contribution is 5.34. The Bertz CT molecular complexity index is 731. The molecule has 0 bridgehead atoms. The van der Waals surface area contributed by atoms with Crippen molar-refractivity contribution in [3.63, 3.8) is 0 Å². The highest BCUT2D eigenvalue weighted by Gasteiger charge is 2.25. The zero-order valence-electron chi connectivity index (χ0n) is 15.0. The molecule has 2 heterocycles. The molecule has 6 heteroatoms. The Hall–Kier alpha value is -2.39. The van der Waals surface area contributed by atoms with Crippen molar-refractivity contribution in [1.82, 2.24) is 19.7 Å². The molecule has 1 aliphatic rings. The maximum atomic E-state index is 8.81. The summed E-state index contributed by atoms with van der Waals surface area (Å²) in [5.41, 5.74) is 0.658. The van der Waals surface area contributed by atoms with Crippen LogP contribution in [0.15, 0.2) is 24.3 Å². The second kappa shape index (κ2) is 8.13. The van der Waals surface area contributed by atoms with E-state index in [-0.39, 0.29) is 0 Å². The second-order valence-electron chi connectivity index (χ2n) is 6.56. The maximum Gasteiger partial charge on any atom is 0.147 e. The van der Waals surface area contributed by atoms with Gasteiger partial charge in [-0.2, -0.15) is 10.4 Å². The van der Waals surface area contributed by atoms with Crippen molar-refractivity contribution < 1.29 is 4.74 Å². The van der Waals surface area contributed by atoms with E-state index in [2.05, 4.69) is 21.1 Å². The van der Waals surface area contributed by atoms with Crippen LogP contribution in [0.3, 0.4) is 0 Å². The second-order valence-corrected chi connectivity index (χ2v) is 6.56. The number of rotatable bonds is 7. The zero-order chi connectivity index (χ0) is 17.6. The summed E-state index contributed by atoms with van der Waals surface area (Å²) < 4.78 is 7.81. The number of ether oxygens (including phenoxy) is 1. The lowest BCUT2D eigenvalue weighted by Gasteiger charge is -2.24. The molecule has 0 amide bonds. The third-order valence-electron chi connectivity index (χ3n) is 4.69. The van der Waals surface area contributed by atoms with Gasteiger partial charge in [0.25, 0.3) is 0 Å². The minimum atomic E-state index is 0.537. The minimum Gasteiger partial charge on any atom is -0.494 e. The number of benzene rings is 1. The molecule has 1 atom stereocenters. The van der Waals surface area contributed by atoms with Gasteiger partial charge in [0.1, 0.15) is 17.4 Å². The normalized spacial score (nSPS) is 17.6. The van der Waals surface area contributed by atoms with E-state index < -0.39 is 0 Å². The lowest BCUT2D eigenvalue weighted by Crippen LogP contribution is -2.34. The molecule has 3 rings (SSSR count). The van der Waals surface area contributed by atoms with Crippen molar-refractivity contribution in [3.8, 4) is 11.8 Å². The Labute approximate surface area is 149 Å². The topological polar surface area (TPSA) is 67.0 Å². The van der Waals surface area contributed by atoms with Crippen LogP contribution < -0.4 is 4.74 Å². The Kier molecular flexibility index (Phi) is 5.67. The quantitative estimate of drug-likeness (QED) is 0.726. The van der Waals surface area contributed by atoms with Crippen LogP contribution >= 0.6 is 0 Å². The van der Waals surface area contributed by atoms with Crippen LogP contribution in [-0.4, -0.2) is 45.4 Å². The molecule has 132 valence electrons. The molecule has 6 nitrogen and oxygen atoms in total. The Morgan fingerprint density at radius 2 is 2.08 bits per heavy atom. The molecule has 0 radical (unpaired) electrons. The number of hydrogen-bond donors (Lipinski definition) is 0. The molecule has 0 spiro atoms. The summed E-state index contributed by atoms with van der Waals surface area (Å²) in [6.07, 6.45) is 3.45. The Balaban J connectivity index is 1.44. The number of aromatic nitrogens is 3. The molecule has 0 aliphatic carbocycles. The van der Waals surface area contributed by atoms with Crippen LogP contribution in [0.1, 0.15) is 36.5 Å². The summed E-state index contributed by atoms with van der Waals surface area (Å²) in [6.45, 7) is 7.75. The SMILES string of the molecule is Cc1nc(C)n(CC2CCCN2CCCOc2ccc(C#N)cc2)n1. The van der Waals surface area contributed by atoms with Gasteiger partial charge < -0.3 is 4.74 Å². The van der Waals surface area contributed by atoms with Crippen molar-refractivity contribution in [2.45, 2.75) is 45.7 Å². The van der Waals surface area contributed by atoms with Crippen LogP contribution in [0.4, 0.5) is 0 Å². The number of likely N-dealkylation sites (tertiary alicyclic amines) is 1.